The summed E-state index contributed by atoms with van der Waals surface area (Å²) >= 11 is 1.72. The number of thiophene rings is 1. The van der Waals surface area contributed by atoms with Gasteiger partial charge in [-0.3, -0.25) is 0 Å². The summed E-state index contributed by atoms with van der Waals surface area (Å²) in [4.78, 5) is 2.30. The molecule has 1 radical (unpaired) electrons. The van der Waals surface area contributed by atoms with Crippen LogP contribution in [0.1, 0.15) is 77.2 Å². The first-order chi connectivity index (χ1) is 17.0. The summed E-state index contributed by atoms with van der Waals surface area (Å²) < 4.78 is 21.2. The van der Waals surface area contributed by atoms with Gasteiger partial charge >= 0.3 is 0 Å². The molecule has 1 atom stereocenters. The summed E-state index contributed by atoms with van der Waals surface area (Å²) in [6, 6.07) is 18.6. The third-order valence-electron chi connectivity index (χ3n) is 6.61. The Labute approximate surface area is 218 Å². The molecule has 1 nitrogen and oxygen atoms in total. The summed E-state index contributed by atoms with van der Waals surface area (Å²) in [5.41, 5.74) is 3.70. The van der Waals surface area contributed by atoms with Crippen LogP contribution in [0.3, 0.4) is 0 Å². The minimum absolute atomic E-state index is 0.153. The van der Waals surface area contributed by atoms with Crippen molar-refractivity contribution in [2.45, 2.75) is 96.9 Å². The van der Waals surface area contributed by atoms with Crippen LogP contribution < -0.4 is 4.74 Å². The molecular formula is C31H42FOSSi. The monoisotopic (exact) mass is 509 g/mol. The molecule has 35 heavy (non-hydrogen) atoms. The molecule has 1 aromatic heterocycles. The topological polar surface area (TPSA) is 9.23 Å². The van der Waals surface area contributed by atoms with Gasteiger partial charge in [-0.25, -0.2) is 4.39 Å². The van der Waals surface area contributed by atoms with Crippen LogP contribution in [0.5, 0.6) is 5.75 Å². The highest BCUT2D eigenvalue weighted by Gasteiger charge is 2.19. The van der Waals surface area contributed by atoms with Crippen molar-refractivity contribution in [3.05, 3.63) is 66.0 Å². The summed E-state index contributed by atoms with van der Waals surface area (Å²) in [6.45, 7) is 8.99. The van der Waals surface area contributed by atoms with E-state index in [1.165, 1.54) is 60.9 Å². The van der Waals surface area contributed by atoms with Gasteiger partial charge in [-0.15, -0.1) is 11.3 Å². The summed E-state index contributed by atoms with van der Waals surface area (Å²) in [5, 5.41) is 0. The maximum Gasteiger partial charge on any atom is 0.165 e. The van der Waals surface area contributed by atoms with Gasteiger partial charge in [0.2, 0.25) is 0 Å². The first-order valence-corrected chi connectivity index (χ1v) is 16.9. The van der Waals surface area contributed by atoms with Crippen molar-refractivity contribution in [3.63, 3.8) is 0 Å². The molecule has 2 aromatic carbocycles. The number of halogens is 1. The van der Waals surface area contributed by atoms with E-state index in [4.69, 9.17) is 4.74 Å². The van der Waals surface area contributed by atoms with E-state index in [1.54, 1.807) is 17.4 Å². The van der Waals surface area contributed by atoms with Gasteiger partial charge in [0, 0.05) is 9.75 Å². The minimum atomic E-state index is -0.661. The highest BCUT2D eigenvalue weighted by atomic mass is 32.1. The Morgan fingerprint density at radius 1 is 0.771 bits per heavy atom. The van der Waals surface area contributed by atoms with E-state index in [2.05, 4.69) is 63.3 Å². The molecule has 0 N–H and O–H groups in total. The quantitative estimate of drug-likeness (QED) is 0.146. The van der Waals surface area contributed by atoms with Crippen LogP contribution in [0, 0.1) is 5.82 Å². The van der Waals surface area contributed by atoms with Crippen LogP contribution in [0.4, 0.5) is 4.39 Å². The lowest BCUT2D eigenvalue weighted by atomic mass is 10.0. The molecule has 0 saturated heterocycles. The van der Waals surface area contributed by atoms with Gasteiger partial charge in [0.1, 0.15) is 0 Å². The Kier molecular flexibility index (Phi) is 11.5. The molecule has 0 fully saturated rings. The highest BCUT2D eigenvalue weighted by Crippen LogP contribution is 2.36. The van der Waals surface area contributed by atoms with E-state index in [-0.39, 0.29) is 11.5 Å². The molecule has 4 heteroatoms. The van der Waals surface area contributed by atoms with Gasteiger partial charge in [0.25, 0.3) is 0 Å². The van der Waals surface area contributed by atoms with E-state index in [0.29, 0.717) is 5.75 Å². The lowest BCUT2D eigenvalue weighted by molar-refractivity contribution is 0.246. The fourth-order valence-electron chi connectivity index (χ4n) is 4.36. The predicted octanol–water partition coefficient (Wildman–Crippen LogP) is 10.4. The largest absolute Gasteiger partial charge is 0.491 e. The average Bonchev–Trinajstić information content (AvgIpc) is 3.35. The van der Waals surface area contributed by atoms with Crippen molar-refractivity contribution < 1.29 is 9.13 Å². The van der Waals surface area contributed by atoms with Gasteiger partial charge in [0.05, 0.1) is 14.5 Å². The number of aryl methyl sites for hydroxylation is 1. The number of hydrogen-bond donors (Lipinski definition) is 0. The molecule has 1 unspecified atom stereocenters. The maximum atomic E-state index is 15.0. The fraction of sp³-hybridized carbons (Fsp3) is 0.484. The zero-order valence-electron chi connectivity index (χ0n) is 22.0. The molecule has 0 bridgehead atoms. The zero-order valence-corrected chi connectivity index (χ0v) is 23.9. The smallest absolute Gasteiger partial charge is 0.165 e. The first kappa shape index (κ1) is 27.7. The Hall–Kier alpha value is -1.91. The van der Waals surface area contributed by atoms with Crippen molar-refractivity contribution in [2.75, 3.05) is 0 Å². The molecule has 1 heterocycles. The standard InChI is InChI=1S/C31H42FOSSi/c1-5-7-9-11-13-24-15-17-25(18-16-24)29-21-22-30(34-29)26-19-20-28(27(32)23-26)33-31(35(3)4)14-12-10-8-6-2/h15-23,31H,5-14H2,1-4H3. The van der Waals surface area contributed by atoms with Gasteiger partial charge in [-0.2, -0.15) is 0 Å². The average molecular weight is 510 g/mol. The van der Waals surface area contributed by atoms with Crippen LogP contribution in [0.25, 0.3) is 20.9 Å². The zero-order chi connectivity index (χ0) is 25.0. The van der Waals surface area contributed by atoms with Crippen molar-refractivity contribution in [3.8, 4) is 26.6 Å². The fourth-order valence-corrected chi connectivity index (χ4v) is 6.52. The minimum Gasteiger partial charge on any atom is -0.491 e. The predicted molar refractivity (Wildman–Crippen MR) is 154 cm³/mol. The molecule has 0 saturated carbocycles. The van der Waals surface area contributed by atoms with Crippen LogP contribution in [-0.4, -0.2) is 14.5 Å². The third kappa shape index (κ3) is 8.61. The summed E-state index contributed by atoms with van der Waals surface area (Å²) in [5.74, 6) is 0.137. The van der Waals surface area contributed by atoms with E-state index >= 15 is 4.39 Å². The summed E-state index contributed by atoms with van der Waals surface area (Å²) in [6.07, 6.45) is 12.2. The van der Waals surface area contributed by atoms with E-state index in [9.17, 15) is 0 Å². The first-order valence-electron chi connectivity index (χ1n) is 13.5. The second-order valence-electron chi connectivity index (χ2n) is 9.85. The molecule has 0 amide bonds. The molecule has 0 aliphatic carbocycles. The van der Waals surface area contributed by atoms with Gasteiger partial charge in [-0.05, 0) is 66.3 Å². The van der Waals surface area contributed by atoms with Crippen LogP contribution >= 0.6 is 11.3 Å². The van der Waals surface area contributed by atoms with E-state index in [0.717, 1.165) is 29.7 Å². The maximum absolute atomic E-state index is 15.0. The van der Waals surface area contributed by atoms with Gasteiger partial charge in [-0.1, -0.05) is 96.2 Å². The lowest BCUT2D eigenvalue weighted by Gasteiger charge is -2.22. The highest BCUT2D eigenvalue weighted by molar-refractivity contribution is 7.18. The molecule has 0 spiro atoms. The van der Waals surface area contributed by atoms with Crippen molar-refractivity contribution in [2.24, 2.45) is 0 Å². The van der Waals surface area contributed by atoms with Crippen LogP contribution in [0.2, 0.25) is 13.1 Å². The number of unbranched alkanes of at least 4 members (excludes halogenated alkanes) is 6. The Morgan fingerprint density at radius 2 is 1.40 bits per heavy atom. The van der Waals surface area contributed by atoms with E-state index < -0.39 is 8.80 Å². The SMILES string of the molecule is CCCCCCc1ccc(-c2ccc(-c3ccc(OC(CCCCCC)[Si](C)C)c(F)c3)s2)cc1. The Balaban J connectivity index is 1.63. The van der Waals surface area contributed by atoms with Crippen LogP contribution in [-0.2, 0) is 6.42 Å². The molecule has 0 aliphatic rings. The summed E-state index contributed by atoms with van der Waals surface area (Å²) in [7, 11) is -0.661. The molecule has 189 valence electrons. The number of hydrogen-bond acceptors (Lipinski definition) is 2. The molecule has 3 aromatic rings. The molecule has 3 rings (SSSR count). The lowest BCUT2D eigenvalue weighted by Crippen LogP contribution is -2.31. The number of rotatable bonds is 15. The normalized spacial score (nSPS) is 12.3. The Morgan fingerprint density at radius 3 is 2.03 bits per heavy atom. The van der Waals surface area contributed by atoms with Crippen molar-refractivity contribution >= 4 is 20.1 Å². The number of ether oxygens (including phenoxy) is 1. The molecule has 0 aliphatic heterocycles. The van der Waals surface area contributed by atoms with Crippen molar-refractivity contribution in [1.82, 2.24) is 0 Å². The third-order valence-corrected chi connectivity index (χ3v) is 9.49. The number of benzene rings is 2. The molecular weight excluding hydrogens is 467 g/mol. The second kappa shape index (κ2) is 14.6. The van der Waals surface area contributed by atoms with Gasteiger partial charge < -0.3 is 4.74 Å². The van der Waals surface area contributed by atoms with Crippen LogP contribution in [0.15, 0.2) is 54.6 Å². The van der Waals surface area contributed by atoms with E-state index in [1.807, 2.05) is 12.1 Å². The van der Waals surface area contributed by atoms with Gasteiger partial charge in [0.15, 0.2) is 11.6 Å². The van der Waals surface area contributed by atoms with Crippen molar-refractivity contribution in [1.29, 1.82) is 0 Å². The Bertz CT molecular complexity index is 1010. The second-order valence-corrected chi connectivity index (χ2v) is 13.7.